The molecular weight excluding hydrogens is 222 g/mol. The topological polar surface area (TPSA) is 33.0 Å². The first kappa shape index (κ1) is 14.6. The van der Waals surface area contributed by atoms with Crippen LogP contribution < -0.4 is 4.74 Å². The Labute approximate surface area is 111 Å². The molecule has 0 radical (unpaired) electrons. The molecule has 0 aromatic heterocycles. The van der Waals surface area contributed by atoms with Crippen molar-refractivity contribution in [3.05, 3.63) is 29.3 Å². The minimum atomic E-state index is 0.586. The van der Waals surface area contributed by atoms with Crippen LogP contribution >= 0.6 is 0 Å². The fourth-order valence-electron chi connectivity index (χ4n) is 1.81. The highest BCUT2D eigenvalue weighted by Gasteiger charge is 2.04. The molecule has 1 aromatic carbocycles. The van der Waals surface area contributed by atoms with Gasteiger partial charge in [0.05, 0.1) is 18.2 Å². The van der Waals surface area contributed by atoms with E-state index in [1.165, 1.54) is 5.56 Å². The van der Waals surface area contributed by atoms with Crippen molar-refractivity contribution in [1.29, 1.82) is 5.26 Å². The lowest BCUT2D eigenvalue weighted by molar-refractivity contribution is 0.289. The minimum absolute atomic E-state index is 0.586. The number of ether oxygens (including phenoxy) is 1. The zero-order valence-electron chi connectivity index (χ0n) is 11.9. The maximum absolute atomic E-state index is 9.03. The molecule has 0 bridgehead atoms. The van der Waals surface area contributed by atoms with Crippen LogP contribution in [0.1, 0.15) is 45.2 Å². The Bertz CT molecular complexity index is 416. The predicted octanol–water partition coefficient (Wildman–Crippen LogP) is 4.18. The van der Waals surface area contributed by atoms with Crippen molar-refractivity contribution >= 4 is 0 Å². The molecule has 0 aliphatic heterocycles. The summed E-state index contributed by atoms with van der Waals surface area (Å²) < 4.78 is 5.73. The molecule has 0 aliphatic carbocycles. The SMILES string of the molecule is CC(C)CCOc1cc(C#N)cc(CC(C)C)c1. The molecule has 1 aromatic rings. The molecule has 0 amide bonds. The van der Waals surface area contributed by atoms with Gasteiger partial charge in [0.1, 0.15) is 5.75 Å². The van der Waals surface area contributed by atoms with E-state index in [-0.39, 0.29) is 0 Å². The Morgan fingerprint density at radius 1 is 1.11 bits per heavy atom. The Kier molecular flexibility index (Phi) is 5.71. The van der Waals surface area contributed by atoms with E-state index in [2.05, 4.69) is 39.8 Å². The lowest BCUT2D eigenvalue weighted by atomic mass is 10.0. The second kappa shape index (κ2) is 7.06. The van der Waals surface area contributed by atoms with Gasteiger partial charge in [0.2, 0.25) is 0 Å². The van der Waals surface area contributed by atoms with Crippen LogP contribution in [0.4, 0.5) is 0 Å². The molecule has 0 aliphatic rings. The Hall–Kier alpha value is -1.49. The lowest BCUT2D eigenvalue weighted by Crippen LogP contribution is -2.02. The fourth-order valence-corrected chi connectivity index (χ4v) is 1.81. The number of nitrogens with zero attached hydrogens (tertiary/aromatic N) is 1. The molecule has 0 atom stereocenters. The molecule has 0 fully saturated rings. The number of rotatable bonds is 6. The molecule has 0 spiro atoms. The van der Waals surface area contributed by atoms with Crippen molar-refractivity contribution in [3.8, 4) is 11.8 Å². The van der Waals surface area contributed by atoms with Crippen LogP contribution in [0.5, 0.6) is 5.75 Å². The maximum atomic E-state index is 9.03. The first-order valence-corrected chi connectivity index (χ1v) is 6.68. The second-order valence-corrected chi connectivity index (χ2v) is 5.61. The number of benzene rings is 1. The van der Waals surface area contributed by atoms with E-state index < -0.39 is 0 Å². The predicted molar refractivity (Wildman–Crippen MR) is 74.6 cm³/mol. The van der Waals surface area contributed by atoms with Crippen LogP contribution in [-0.4, -0.2) is 6.61 Å². The van der Waals surface area contributed by atoms with Crippen molar-refractivity contribution in [2.75, 3.05) is 6.61 Å². The van der Waals surface area contributed by atoms with Gasteiger partial charge in [-0.05, 0) is 48.4 Å². The largest absolute Gasteiger partial charge is 0.494 e. The summed E-state index contributed by atoms with van der Waals surface area (Å²) in [6, 6.07) is 8.03. The summed E-state index contributed by atoms with van der Waals surface area (Å²) in [5, 5.41) is 9.03. The Morgan fingerprint density at radius 2 is 1.83 bits per heavy atom. The Morgan fingerprint density at radius 3 is 2.39 bits per heavy atom. The summed E-state index contributed by atoms with van der Waals surface area (Å²) in [5.41, 5.74) is 1.87. The zero-order valence-corrected chi connectivity index (χ0v) is 11.9. The molecular formula is C16H23NO. The summed E-state index contributed by atoms with van der Waals surface area (Å²) in [6.45, 7) is 9.43. The van der Waals surface area contributed by atoms with E-state index in [1.54, 1.807) is 0 Å². The highest BCUT2D eigenvalue weighted by Crippen LogP contribution is 2.20. The average molecular weight is 245 g/mol. The van der Waals surface area contributed by atoms with Gasteiger partial charge in [0.25, 0.3) is 0 Å². The van der Waals surface area contributed by atoms with Gasteiger partial charge in [-0.15, -0.1) is 0 Å². The summed E-state index contributed by atoms with van der Waals surface area (Å²) in [6.07, 6.45) is 2.02. The van der Waals surface area contributed by atoms with Crippen LogP contribution in [-0.2, 0) is 6.42 Å². The zero-order chi connectivity index (χ0) is 13.5. The normalized spacial score (nSPS) is 10.7. The molecule has 18 heavy (non-hydrogen) atoms. The third-order valence-electron chi connectivity index (χ3n) is 2.70. The summed E-state index contributed by atoms with van der Waals surface area (Å²) in [7, 11) is 0. The van der Waals surface area contributed by atoms with Crippen LogP contribution in [0, 0.1) is 23.2 Å². The average Bonchev–Trinajstić information content (AvgIpc) is 2.27. The highest BCUT2D eigenvalue weighted by atomic mass is 16.5. The van der Waals surface area contributed by atoms with Crippen molar-refractivity contribution in [2.24, 2.45) is 11.8 Å². The van der Waals surface area contributed by atoms with E-state index in [4.69, 9.17) is 10.00 Å². The molecule has 2 heteroatoms. The van der Waals surface area contributed by atoms with Crippen molar-refractivity contribution in [3.63, 3.8) is 0 Å². The van der Waals surface area contributed by atoms with E-state index in [1.807, 2.05) is 12.1 Å². The minimum Gasteiger partial charge on any atom is -0.494 e. The third kappa shape index (κ3) is 5.23. The van der Waals surface area contributed by atoms with Gasteiger partial charge in [0.15, 0.2) is 0 Å². The smallest absolute Gasteiger partial charge is 0.120 e. The van der Waals surface area contributed by atoms with Gasteiger partial charge >= 0.3 is 0 Å². The van der Waals surface area contributed by atoms with Crippen molar-refractivity contribution in [1.82, 2.24) is 0 Å². The van der Waals surface area contributed by atoms with Crippen molar-refractivity contribution < 1.29 is 4.74 Å². The van der Waals surface area contributed by atoms with Crippen LogP contribution in [0.2, 0.25) is 0 Å². The molecule has 0 unspecified atom stereocenters. The number of hydrogen-bond acceptors (Lipinski definition) is 2. The maximum Gasteiger partial charge on any atom is 0.120 e. The van der Waals surface area contributed by atoms with Crippen molar-refractivity contribution in [2.45, 2.75) is 40.5 Å². The third-order valence-corrected chi connectivity index (χ3v) is 2.70. The van der Waals surface area contributed by atoms with Crippen LogP contribution in [0.3, 0.4) is 0 Å². The molecule has 0 N–H and O–H groups in total. The highest BCUT2D eigenvalue weighted by molar-refractivity contribution is 5.40. The number of hydrogen-bond donors (Lipinski definition) is 0. The Balaban J connectivity index is 2.74. The van der Waals surface area contributed by atoms with Gasteiger partial charge < -0.3 is 4.74 Å². The van der Waals surface area contributed by atoms with Gasteiger partial charge in [-0.3, -0.25) is 0 Å². The first-order chi connectivity index (χ1) is 8.51. The summed E-state index contributed by atoms with van der Waals surface area (Å²) in [4.78, 5) is 0. The summed E-state index contributed by atoms with van der Waals surface area (Å²) in [5.74, 6) is 2.05. The van der Waals surface area contributed by atoms with Gasteiger partial charge in [-0.2, -0.15) is 5.26 Å². The second-order valence-electron chi connectivity index (χ2n) is 5.61. The molecule has 2 nitrogen and oxygen atoms in total. The lowest BCUT2D eigenvalue weighted by Gasteiger charge is -2.11. The molecule has 0 heterocycles. The standard InChI is InChI=1S/C16H23NO/c1-12(2)5-6-18-16-9-14(7-13(3)4)8-15(10-16)11-17/h8-10,12-13H,5-7H2,1-4H3. The summed E-state index contributed by atoms with van der Waals surface area (Å²) >= 11 is 0. The van der Waals surface area contributed by atoms with E-state index in [0.29, 0.717) is 24.0 Å². The van der Waals surface area contributed by atoms with E-state index in [0.717, 1.165) is 18.6 Å². The van der Waals surface area contributed by atoms with Gasteiger partial charge in [0, 0.05) is 0 Å². The van der Waals surface area contributed by atoms with Gasteiger partial charge in [-0.1, -0.05) is 27.7 Å². The molecule has 0 saturated carbocycles. The quantitative estimate of drug-likeness (QED) is 0.753. The van der Waals surface area contributed by atoms with E-state index in [9.17, 15) is 0 Å². The van der Waals surface area contributed by atoms with Crippen LogP contribution in [0.25, 0.3) is 0 Å². The number of nitriles is 1. The van der Waals surface area contributed by atoms with E-state index >= 15 is 0 Å². The molecule has 0 saturated heterocycles. The molecule has 98 valence electrons. The fraction of sp³-hybridized carbons (Fsp3) is 0.562. The molecule has 1 rings (SSSR count). The monoisotopic (exact) mass is 245 g/mol. The van der Waals surface area contributed by atoms with Gasteiger partial charge in [-0.25, -0.2) is 0 Å². The first-order valence-electron chi connectivity index (χ1n) is 6.68. The van der Waals surface area contributed by atoms with Crippen LogP contribution in [0.15, 0.2) is 18.2 Å².